The van der Waals surface area contributed by atoms with Crippen molar-refractivity contribution >= 4 is 22.9 Å². The Balaban J connectivity index is 1.51. The average Bonchev–Trinajstić information content (AvgIpc) is 2.93. The number of hydrogen-bond donors (Lipinski definition) is 1. The molecule has 22 heavy (non-hydrogen) atoms. The maximum absolute atomic E-state index is 12.1. The van der Waals surface area contributed by atoms with Crippen LogP contribution in [-0.4, -0.2) is 16.0 Å². The Labute approximate surface area is 133 Å². The summed E-state index contributed by atoms with van der Waals surface area (Å²) in [5.74, 6) is 2.17. The van der Waals surface area contributed by atoms with E-state index >= 15 is 0 Å². The maximum Gasteiger partial charge on any atom is 0.230 e. The lowest BCUT2D eigenvalue weighted by molar-refractivity contribution is -0.122. The second-order valence-electron chi connectivity index (χ2n) is 6.28. The molecule has 2 saturated carbocycles. The lowest BCUT2D eigenvalue weighted by Crippen LogP contribution is -2.28. The molecule has 2 aliphatic carbocycles. The molecule has 4 rings (SSSR count). The smallest absolute Gasteiger partial charge is 0.230 e. The number of carbonyl (C=O) groups excluding carboxylic acids is 1. The van der Waals surface area contributed by atoms with Gasteiger partial charge in [-0.15, -0.1) is 11.3 Å². The van der Waals surface area contributed by atoms with Gasteiger partial charge in [-0.05, 0) is 38.7 Å². The number of thiophene rings is 1. The molecule has 0 radical (unpaired) electrons. The molecule has 0 aliphatic heterocycles. The van der Waals surface area contributed by atoms with Crippen LogP contribution in [0.1, 0.15) is 55.2 Å². The topological polar surface area (TPSA) is 68.0 Å². The van der Waals surface area contributed by atoms with E-state index in [4.69, 9.17) is 4.52 Å². The van der Waals surface area contributed by atoms with Crippen molar-refractivity contribution in [2.45, 2.75) is 51.4 Å². The number of carbonyl (C=O) groups is 1. The quantitative estimate of drug-likeness (QED) is 0.921. The summed E-state index contributed by atoms with van der Waals surface area (Å²) >= 11 is 1.60. The predicted molar refractivity (Wildman–Crippen MR) is 84.9 cm³/mol. The standard InChI is InChI=1S/C16H19N3O2S/c1-9-12(17-15(20)10-4-2-5-10)8-13(22-9)14-18-16(21-19-14)11-6-3-7-11/h8,10-11H,2-7H2,1H3,(H,17,20). The third kappa shape index (κ3) is 2.45. The molecule has 6 heteroatoms. The largest absolute Gasteiger partial charge is 0.339 e. The van der Waals surface area contributed by atoms with Crippen LogP contribution >= 0.6 is 11.3 Å². The molecule has 5 nitrogen and oxygen atoms in total. The Morgan fingerprint density at radius 1 is 1.32 bits per heavy atom. The van der Waals surface area contributed by atoms with Gasteiger partial charge in [-0.3, -0.25) is 4.79 Å². The highest BCUT2D eigenvalue weighted by Gasteiger charge is 2.27. The molecule has 116 valence electrons. The second-order valence-corrected chi connectivity index (χ2v) is 7.54. The summed E-state index contributed by atoms with van der Waals surface area (Å²) in [6, 6.07) is 1.96. The van der Waals surface area contributed by atoms with Gasteiger partial charge in [-0.2, -0.15) is 4.98 Å². The molecule has 2 aliphatic rings. The Kier molecular flexibility index (Phi) is 3.48. The monoisotopic (exact) mass is 317 g/mol. The normalized spacial score (nSPS) is 18.8. The van der Waals surface area contributed by atoms with Gasteiger partial charge < -0.3 is 9.84 Å². The van der Waals surface area contributed by atoms with E-state index in [2.05, 4.69) is 15.5 Å². The summed E-state index contributed by atoms with van der Waals surface area (Å²) in [5.41, 5.74) is 0.881. The van der Waals surface area contributed by atoms with E-state index < -0.39 is 0 Å². The van der Waals surface area contributed by atoms with Gasteiger partial charge in [-0.25, -0.2) is 0 Å². The molecule has 2 fully saturated rings. The van der Waals surface area contributed by atoms with Crippen molar-refractivity contribution < 1.29 is 9.32 Å². The van der Waals surface area contributed by atoms with Crippen molar-refractivity contribution in [3.8, 4) is 10.7 Å². The van der Waals surface area contributed by atoms with Crippen molar-refractivity contribution in [2.75, 3.05) is 5.32 Å². The molecular formula is C16H19N3O2S. The summed E-state index contributed by atoms with van der Waals surface area (Å²) in [6.45, 7) is 2.01. The van der Waals surface area contributed by atoms with E-state index in [1.165, 1.54) is 12.8 Å². The average molecular weight is 317 g/mol. The lowest BCUT2D eigenvalue weighted by atomic mass is 9.85. The molecular weight excluding hydrogens is 298 g/mol. The molecule has 1 N–H and O–H groups in total. The molecule has 1 amide bonds. The first-order valence-corrected chi connectivity index (χ1v) is 8.77. The molecule has 0 saturated heterocycles. The van der Waals surface area contributed by atoms with Crippen LogP contribution in [0.25, 0.3) is 10.7 Å². The van der Waals surface area contributed by atoms with E-state index in [0.29, 0.717) is 11.7 Å². The number of rotatable bonds is 4. The van der Waals surface area contributed by atoms with Gasteiger partial charge in [0.2, 0.25) is 17.6 Å². The van der Waals surface area contributed by atoms with Crippen molar-refractivity contribution in [3.05, 3.63) is 16.8 Å². The molecule has 0 unspecified atom stereocenters. The van der Waals surface area contributed by atoms with Gasteiger partial charge in [0, 0.05) is 16.7 Å². The minimum atomic E-state index is 0.141. The van der Waals surface area contributed by atoms with Gasteiger partial charge in [-0.1, -0.05) is 18.0 Å². The highest BCUT2D eigenvalue weighted by Crippen LogP contribution is 2.38. The summed E-state index contributed by atoms with van der Waals surface area (Å²) in [4.78, 5) is 18.6. The molecule has 0 atom stereocenters. The molecule has 2 aromatic heterocycles. The van der Waals surface area contributed by atoms with Crippen LogP contribution in [0.3, 0.4) is 0 Å². The van der Waals surface area contributed by atoms with Crippen molar-refractivity contribution in [3.63, 3.8) is 0 Å². The van der Waals surface area contributed by atoms with Crippen LogP contribution in [0.2, 0.25) is 0 Å². The summed E-state index contributed by atoms with van der Waals surface area (Å²) < 4.78 is 5.38. The maximum atomic E-state index is 12.1. The Bertz CT molecular complexity index is 698. The number of nitrogens with one attached hydrogen (secondary N) is 1. The zero-order valence-electron chi connectivity index (χ0n) is 12.6. The summed E-state index contributed by atoms with van der Waals surface area (Å²) in [6.07, 6.45) is 6.73. The fourth-order valence-corrected chi connectivity index (χ4v) is 3.68. The third-order valence-electron chi connectivity index (χ3n) is 4.77. The minimum Gasteiger partial charge on any atom is -0.339 e. The van der Waals surface area contributed by atoms with E-state index in [0.717, 1.165) is 47.0 Å². The number of aryl methyl sites for hydroxylation is 1. The first kappa shape index (κ1) is 13.9. The molecule has 0 bridgehead atoms. The van der Waals surface area contributed by atoms with E-state index in [-0.39, 0.29) is 11.8 Å². The van der Waals surface area contributed by atoms with Gasteiger partial charge in [0.1, 0.15) is 0 Å². The Morgan fingerprint density at radius 3 is 2.73 bits per heavy atom. The van der Waals surface area contributed by atoms with Crippen LogP contribution in [-0.2, 0) is 4.79 Å². The number of hydrogen-bond acceptors (Lipinski definition) is 5. The zero-order valence-corrected chi connectivity index (χ0v) is 13.4. The van der Waals surface area contributed by atoms with Crippen LogP contribution < -0.4 is 5.32 Å². The zero-order chi connectivity index (χ0) is 15.1. The lowest BCUT2D eigenvalue weighted by Gasteiger charge is -2.23. The van der Waals surface area contributed by atoms with Gasteiger partial charge in [0.15, 0.2) is 0 Å². The van der Waals surface area contributed by atoms with Crippen LogP contribution in [0.5, 0.6) is 0 Å². The third-order valence-corrected chi connectivity index (χ3v) is 5.81. The SMILES string of the molecule is Cc1sc(-c2noc(C3CCC3)n2)cc1NC(=O)C1CCC1. The van der Waals surface area contributed by atoms with E-state index in [9.17, 15) is 4.79 Å². The van der Waals surface area contributed by atoms with E-state index in [1.54, 1.807) is 11.3 Å². The molecule has 0 spiro atoms. The summed E-state index contributed by atoms with van der Waals surface area (Å²) in [5, 5.41) is 7.14. The Morgan fingerprint density at radius 2 is 2.09 bits per heavy atom. The van der Waals surface area contributed by atoms with Crippen molar-refractivity contribution in [1.82, 2.24) is 10.1 Å². The van der Waals surface area contributed by atoms with Crippen LogP contribution in [0.4, 0.5) is 5.69 Å². The summed E-state index contributed by atoms with van der Waals surface area (Å²) in [7, 11) is 0. The fraction of sp³-hybridized carbons (Fsp3) is 0.562. The first-order valence-electron chi connectivity index (χ1n) is 7.96. The van der Waals surface area contributed by atoms with Gasteiger partial charge >= 0.3 is 0 Å². The fourth-order valence-electron chi connectivity index (χ4n) is 2.78. The second kappa shape index (κ2) is 5.50. The van der Waals surface area contributed by atoms with Gasteiger partial charge in [0.25, 0.3) is 0 Å². The van der Waals surface area contributed by atoms with Crippen LogP contribution in [0, 0.1) is 12.8 Å². The number of nitrogens with zero attached hydrogens (tertiary/aromatic N) is 2. The predicted octanol–water partition coefficient (Wildman–Crippen LogP) is 4.11. The molecule has 0 aromatic carbocycles. The van der Waals surface area contributed by atoms with Crippen LogP contribution in [0.15, 0.2) is 10.6 Å². The number of anilines is 1. The van der Waals surface area contributed by atoms with Gasteiger partial charge in [0.05, 0.1) is 10.6 Å². The number of amides is 1. The van der Waals surface area contributed by atoms with Crippen molar-refractivity contribution in [2.24, 2.45) is 5.92 Å². The highest BCUT2D eigenvalue weighted by molar-refractivity contribution is 7.16. The molecule has 2 aromatic rings. The first-order chi connectivity index (χ1) is 10.7. The minimum absolute atomic E-state index is 0.141. The van der Waals surface area contributed by atoms with E-state index in [1.807, 2.05) is 13.0 Å². The molecule has 2 heterocycles. The highest BCUT2D eigenvalue weighted by atomic mass is 32.1. The number of aromatic nitrogens is 2. The van der Waals surface area contributed by atoms with Crippen molar-refractivity contribution in [1.29, 1.82) is 0 Å². The Hall–Kier alpha value is -1.69.